The molecule has 1 aliphatic rings. The summed E-state index contributed by atoms with van der Waals surface area (Å²) >= 11 is 0. The fraction of sp³-hybridized carbons (Fsp3) is 0.476. The van der Waals surface area contributed by atoms with E-state index in [4.69, 9.17) is 9.47 Å². The van der Waals surface area contributed by atoms with Crippen molar-refractivity contribution in [1.82, 2.24) is 14.8 Å². The molecule has 0 radical (unpaired) electrons. The van der Waals surface area contributed by atoms with Crippen LogP contribution >= 0.6 is 0 Å². The van der Waals surface area contributed by atoms with Gasteiger partial charge in [0.25, 0.3) is 0 Å². The number of nitrogens with one attached hydrogen (secondary N) is 1. The van der Waals surface area contributed by atoms with Crippen molar-refractivity contribution in [2.24, 2.45) is 0 Å². The summed E-state index contributed by atoms with van der Waals surface area (Å²) in [5.41, 5.74) is 2.00. The number of benzene rings is 1. The van der Waals surface area contributed by atoms with Gasteiger partial charge in [-0.25, -0.2) is 4.79 Å². The van der Waals surface area contributed by atoms with E-state index in [9.17, 15) is 4.79 Å². The first kappa shape index (κ1) is 19.1. The monoisotopic (exact) mass is 371 g/mol. The fourth-order valence-corrected chi connectivity index (χ4v) is 3.73. The molecule has 0 unspecified atom stereocenters. The molecule has 6 heteroatoms. The molecule has 6 nitrogen and oxygen atoms in total. The molecule has 3 rings (SSSR count). The van der Waals surface area contributed by atoms with Crippen LogP contribution < -0.4 is 14.8 Å². The van der Waals surface area contributed by atoms with Crippen molar-refractivity contribution < 1.29 is 14.3 Å². The molecule has 2 aromatic rings. The molecule has 0 bridgehead atoms. The number of fused-ring (bicyclic) bond motifs is 1. The van der Waals surface area contributed by atoms with Gasteiger partial charge in [-0.1, -0.05) is 13.8 Å². The molecule has 1 aromatic carbocycles. The van der Waals surface area contributed by atoms with E-state index < -0.39 is 0 Å². The van der Waals surface area contributed by atoms with Crippen LogP contribution in [0.3, 0.4) is 0 Å². The Hall–Kier alpha value is -2.63. The summed E-state index contributed by atoms with van der Waals surface area (Å²) in [5.74, 6) is 1.49. The maximum absolute atomic E-state index is 13.1. The number of carbonyl (C=O) groups excluding carboxylic acids is 1. The minimum atomic E-state index is -0.229. The maximum atomic E-state index is 13.1. The zero-order valence-corrected chi connectivity index (χ0v) is 16.6. The lowest BCUT2D eigenvalue weighted by atomic mass is 9.98. The molecule has 27 heavy (non-hydrogen) atoms. The number of hydrogen-bond acceptors (Lipinski definition) is 3. The summed E-state index contributed by atoms with van der Waals surface area (Å²) in [6.07, 6.45) is 3.89. The van der Waals surface area contributed by atoms with E-state index >= 15 is 0 Å². The van der Waals surface area contributed by atoms with Gasteiger partial charge in [-0.15, -0.1) is 0 Å². The first-order chi connectivity index (χ1) is 13.1. The summed E-state index contributed by atoms with van der Waals surface area (Å²) in [6, 6.07) is 9.74. The highest BCUT2D eigenvalue weighted by Crippen LogP contribution is 2.39. The first-order valence-corrected chi connectivity index (χ1v) is 9.57. The molecular formula is C21H29N3O3. The second-order valence-electron chi connectivity index (χ2n) is 6.79. The highest BCUT2D eigenvalue weighted by molar-refractivity contribution is 5.76. The minimum Gasteiger partial charge on any atom is -0.497 e. The van der Waals surface area contributed by atoms with Crippen LogP contribution in [0.4, 0.5) is 4.79 Å². The molecule has 0 aliphatic carbocycles. The van der Waals surface area contributed by atoms with Crippen molar-refractivity contribution >= 4 is 6.03 Å². The molecule has 1 N–H and O–H groups in total. The van der Waals surface area contributed by atoms with Crippen LogP contribution in [0.2, 0.25) is 0 Å². The van der Waals surface area contributed by atoms with Gasteiger partial charge in [-0.05, 0) is 43.2 Å². The molecule has 1 atom stereocenters. The second kappa shape index (κ2) is 8.37. The van der Waals surface area contributed by atoms with Crippen LogP contribution in [0.5, 0.6) is 11.5 Å². The van der Waals surface area contributed by atoms with Gasteiger partial charge >= 0.3 is 6.03 Å². The Labute approximate surface area is 161 Å². The predicted molar refractivity (Wildman–Crippen MR) is 105 cm³/mol. The van der Waals surface area contributed by atoms with Gasteiger partial charge in [0.05, 0.1) is 14.2 Å². The average Bonchev–Trinajstić information content (AvgIpc) is 3.19. The Morgan fingerprint density at radius 1 is 1.19 bits per heavy atom. The molecule has 1 aromatic heterocycles. The molecule has 2 heterocycles. The number of methoxy groups -OCH3 is 2. The van der Waals surface area contributed by atoms with E-state index in [1.165, 1.54) is 0 Å². The first-order valence-electron chi connectivity index (χ1n) is 9.57. The van der Waals surface area contributed by atoms with E-state index in [2.05, 4.69) is 36.0 Å². The summed E-state index contributed by atoms with van der Waals surface area (Å²) in [5, 5.41) is 3.18. The third-order valence-corrected chi connectivity index (χ3v) is 5.34. The van der Waals surface area contributed by atoms with Gasteiger partial charge in [0, 0.05) is 36.6 Å². The summed E-state index contributed by atoms with van der Waals surface area (Å²) < 4.78 is 13.2. The van der Waals surface area contributed by atoms with Crippen LogP contribution in [0, 0.1) is 0 Å². The Bertz CT molecular complexity index is 783. The summed E-state index contributed by atoms with van der Waals surface area (Å²) in [4.78, 5) is 15.0. The highest BCUT2D eigenvalue weighted by atomic mass is 16.5. The number of urea groups is 1. The maximum Gasteiger partial charge on any atom is 0.318 e. The van der Waals surface area contributed by atoms with Crippen LogP contribution in [0.1, 0.15) is 44.0 Å². The summed E-state index contributed by atoms with van der Waals surface area (Å²) in [7, 11) is 3.30. The average molecular weight is 371 g/mol. The largest absolute Gasteiger partial charge is 0.497 e. The van der Waals surface area contributed by atoms with Gasteiger partial charge in [0.15, 0.2) is 0 Å². The summed E-state index contributed by atoms with van der Waals surface area (Å²) in [6.45, 7) is 5.61. The van der Waals surface area contributed by atoms with Crippen molar-refractivity contribution in [2.75, 3.05) is 20.8 Å². The zero-order valence-electron chi connectivity index (χ0n) is 16.6. The Balaban J connectivity index is 2.04. The van der Waals surface area contributed by atoms with E-state index in [1.807, 2.05) is 29.2 Å². The van der Waals surface area contributed by atoms with Crippen LogP contribution in [0.25, 0.3) is 0 Å². The molecule has 2 amide bonds. The van der Waals surface area contributed by atoms with Crippen LogP contribution in [-0.2, 0) is 6.54 Å². The van der Waals surface area contributed by atoms with Crippen molar-refractivity contribution in [2.45, 2.75) is 45.3 Å². The number of carbonyl (C=O) groups is 1. The van der Waals surface area contributed by atoms with E-state index in [0.717, 1.165) is 42.1 Å². The van der Waals surface area contributed by atoms with Gasteiger partial charge in [-0.2, -0.15) is 0 Å². The van der Waals surface area contributed by atoms with Crippen molar-refractivity contribution in [3.05, 3.63) is 47.8 Å². The van der Waals surface area contributed by atoms with Crippen LogP contribution in [-0.4, -0.2) is 42.3 Å². The third-order valence-electron chi connectivity index (χ3n) is 5.34. The molecule has 0 saturated carbocycles. The topological polar surface area (TPSA) is 55.7 Å². The lowest BCUT2D eigenvalue weighted by Gasteiger charge is -2.38. The van der Waals surface area contributed by atoms with E-state index in [0.29, 0.717) is 6.54 Å². The molecule has 0 saturated heterocycles. The standard InChI is InChI=1S/C21H29N3O3/c1-5-15(6-2)22-21(25)24-13-12-23-11-7-8-18(23)20(24)17-14-16(26-3)9-10-19(17)27-4/h7-11,14-15,20H,5-6,12-13H2,1-4H3,(H,22,25)/t20-/m1/s1. The number of amides is 2. The molecular weight excluding hydrogens is 342 g/mol. The Morgan fingerprint density at radius 3 is 2.63 bits per heavy atom. The smallest absolute Gasteiger partial charge is 0.318 e. The van der Waals surface area contributed by atoms with Gasteiger partial charge in [0.2, 0.25) is 0 Å². The number of aromatic nitrogens is 1. The van der Waals surface area contributed by atoms with E-state index in [-0.39, 0.29) is 18.1 Å². The number of ether oxygens (including phenoxy) is 2. The van der Waals surface area contributed by atoms with Gasteiger partial charge in [-0.3, -0.25) is 0 Å². The molecule has 146 valence electrons. The van der Waals surface area contributed by atoms with Crippen molar-refractivity contribution in [1.29, 1.82) is 0 Å². The fourth-order valence-electron chi connectivity index (χ4n) is 3.73. The minimum absolute atomic E-state index is 0.0361. The predicted octanol–water partition coefficient (Wildman–Crippen LogP) is 3.81. The quantitative estimate of drug-likeness (QED) is 0.840. The lowest BCUT2D eigenvalue weighted by molar-refractivity contribution is 0.163. The Morgan fingerprint density at radius 2 is 1.96 bits per heavy atom. The lowest BCUT2D eigenvalue weighted by Crippen LogP contribution is -2.49. The SMILES string of the molecule is CCC(CC)NC(=O)N1CCn2cccc2[C@H]1c1cc(OC)ccc1OC. The van der Waals surface area contributed by atoms with Crippen LogP contribution in [0.15, 0.2) is 36.5 Å². The van der Waals surface area contributed by atoms with Gasteiger partial charge in [0.1, 0.15) is 17.5 Å². The number of nitrogens with zero attached hydrogens (tertiary/aromatic N) is 2. The zero-order chi connectivity index (χ0) is 19.4. The van der Waals surface area contributed by atoms with E-state index in [1.54, 1.807) is 14.2 Å². The van der Waals surface area contributed by atoms with Crippen molar-refractivity contribution in [3.8, 4) is 11.5 Å². The second-order valence-corrected chi connectivity index (χ2v) is 6.79. The third kappa shape index (κ3) is 3.75. The normalized spacial score (nSPS) is 16.2. The number of rotatable bonds is 6. The number of hydrogen-bond donors (Lipinski definition) is 1. The molecule has 1 aliphatic heterocycles. The molecule has 0 fully saturated rings. The Kier molecular flexibility index (Phi) is 5.94. The molecule has 0 spiro atoms. The highest BCUT2D eigenvalue weighted by Gasteiger charge is 2.34. The van der Waals surface area contributed by atoms with Crippen molar-refractivity contribution in [3.63, 3.8) is 0 Å². The van der Waals surface area contributed by atoms with Gasteiger partial charge < -0.3 is 24.3 Å².